The number of nitrogens with two attached hydrogens (primary N) is 1. The Labute approximate surface area is 150 Å². The molecule has 3 N–H and O–H groups in total. The van der Waals surface area contributed by atoms with Gasteiger partial charge in [-0.3, -0.25) is 9.59 Å². The van der Waals surface area contributed by atoms with Crippen LogP contribution in [0.1, 0.15) is 38.3 Å². The Bertz CT molecular complexity index is 528. The topological polar surface area (TPSA) is 75.4 Å². The largest absolute Gasteiger partial charge is 0.354 e. The van der Waals surface area contributed by atoms with Crippen LogP contribution in [0.5, 0.6) is 0 Å². The van der Waals surface area contributed by atoms with Crippen LogP contribution in [0, 0.1) is 11.8 Å². The lowest BCUT2D eigenvalue weighted by molar-refractivity contribution is -0.138. The summed E-state index contributed by atoms with van der Waals surface area (Å²) in [6.45, 7) is 5.59. The molecule has 6 heteroatoms. The molecule has 0 aromatic heterocycles. The van der Waals surface area contributed by atoms with Crippen molar-refractivity contribution in [3.63, 3.8) is 0 Å². The Hall–Kier alpha value is -1.59. The van der Waals surface area contributed by atoms with E-state index in [9.17, 15) is 9.59 Å². The Balaban J connectivity index is 0.00000288. The lowest BCUT2D eigenvalue weighted by Crippen LogP contribution is -2.45. The summed E-state index contributed by atoms with van der Waals surface area (Å²) in [5.41, 5.74) is 7.12. The van der Waals surface area contributed by atoms with E-state index in [0.717, 1.165) is 18.4 Å². The van der Waals surface area contributed by atoms with Crippen molar-refractivity contribution in [3.8, 4) is 0 Å². The number of hydrogen-bond donors (Lipinski definition) is 2. The molecule has 24 heavy (non-hydrogen) atoms. The van der Waals surface area contributed by atoms with Gasteiger partial charge in [-0.05, 0) is 18.4 Å². The van der Waals surface area contributed by atoms with E-state index in [2.05, 4.69) is 5.32 Å². The summed E-state index contributed by atoms with van der Waals surface area (Å²) in [6.07, 6.45) is 1.45. The number of piperidine rings is 1. The molecule has 1 aromatic rings. The van der Waals surface area contributed by atoms with Crippen LogP contribution >= 0.6 is 12.4 Å². The van der Waals surface area contributed by atoms with Crippen LogP contribution in [0.15, 0.2) is 30.3 Å². The van der Waals surface area contributed by atoms with Gasteiger partial charge in [-0.2, -0.15) is 0 Å². The molecule has 0 saturated carbocycles. The highest BCUT2D eigenvalue weighted by atomic mass is 35.5. The zero-order valence-electron chi connectivity index (χ0n) is 14.4. The molecular formula is C18H28ClN3O2. The zero-order valence-corrected chi connectivity index (χ0v) is 15.2. The molecule has 0 bridgehead atoms. The number of likely N-dealkylation sites (tertiary alicyclic amines) is 1. The monoisotopic (exact) mass is 353 g/mol. The van der Waals surface area contributed by atoms with Gasteiger partial charge in [-0.1, -0.05) is 44.2 Å². The van der Waals surface area contributed by atoms with E-state index in [1.54, 1.807) is 0 Å². The first-order chi connectivity index (χ1) is 11.0. The maximum atomic E-state index is 12.3. The highest BCUT2D eigenvalue weighted by molar-refractivity contribution is 5.85. The van der Waals surface area contributed by atoms with Gasteiger partial charge in [0.15, 0.2) is 0 Å². The van der Waals surface area contributed by atoms with Crippen LogP contribution in [-0.2, 0) is 9.59 Å². The minimum Gasteiger partial charge on any atom is -0.354 e. The normalized spacial score (nSPS) is 16.4. The van der Waals surface area contributed by atoms with Crippen molar-refractivity contribution in [1.82, 2.24) is 10.2 Å². The second-order valence-electron chi connectivity index (χ2n) is 6.52. The number of nitrogens with one attached hydrogen (secondary N) is 1. The van der Waals surface area contributed by atoms with Crippen LogP contribution in [0.2, 0.25) is 0 Å². The van der Waals surface area contributed by atoms with Gasteiger partial charge < -0.3 is 16.0 Å². The molecule has 0 aliphatic carbocycles. The third kappa shape index (κ3) is 5.49. The second-order valence-corrected chi connectivity index (χ2v) is 6.52. The Kier molecular flexibility index (Phi) is 8.22. The summed E-state index contributed by atoms with van der Waals surface area (Å²) < 4.78 is 0. The summed E-state index contributed by atoms with van der Waals surface area (Å²) in [5.74, 6) is 0.224. The first-order valence-electron chi connectivity index (χ1n) is 8.36. The summed E-state index contributed by atoms with van der Waals surface area (Å²) in [4.78, 5) is 26.1. The summed E-state index contributed by atoms with van der Waals surface area (Å²) in [6, 6.07) is 9.57. The van der Waals surface area contributed by atoms with E-state index >= 15 is 0 Å². The maximum absolute atomic E-state index is 12.3. The van der Waals surface area contributed by atoms with Gasteiger partial charge >= 0.3 is 0 Å². The molecule has 0 spiro atoms. The molecule has 2 rings (SSSR count). The van der Waals surface area contributed by atoms with E-state index < -0.39 is 0 Å². The molecule has 1 fully saturated rings. The van der Waals surface area contributed by atoms with Gasteiger partial charge in [0.2, 0.25) is 11.8 Å². The number of halogens is 1. The molecule has 1 aromatic carbocycles. The zero-order chi connectivity index (χ0) is 16.8. The quantitative estimate of drug-likeness (QED) is 0.851. The van der Waals surface area contributed by atoms with Crippen molar-refractivity contribution in [3.05, 3.63) is 35.9 Å². The van der Waals surface area contributed by atoms with Gasteiger partial charge in [-0.25, -0.2) is 0 Å². The average molecular weight is 354 g/mol. The van der Waals surface area contributed by atoms with Crippen LogP contribution < -0.4 is 11.1 Å². The molecule has 5 nitrogen and oxygen atoms in total. The number of carbonyl (C=O) groups excluding carboxylic acids is 2. The number of nitrogens with zero attached hydrogens (tertiary/aromatic N) is 1. The van der Waals surface area contributed by atoms with Crippen LogP contribution in [0.4, 0.5) is 0 Å². The molecule has 1 unspecified atom stereocenters. The van der Waals surface area contributed by atoms with Crippen molar-refractivity contribution in [1.29, 1.82) is 0 Å². The maximum Gasteiger partial charge on any atom is 0.225 e. The van der Waals surface area contributed by atoms with Crippen molar-refractivity contribution in [2.75, 3.05) is 19.6 Å². The molecule has 0 radical (unpaired) electrons. The van der Waals surface area contributed by atoms with E-state index in [-0.39, 0.29) is 42.1 Å². The molecule has 1 heterocycles. The first kappa shape index (κ1) is 20.5. The Morgan fingerprint density at radius 1 is 1.21 bits per heavy atom. The van der Waals surface area contributed by atoms with E-state index in [1.807, 2.05) is 49.1 Å². The number of amides is 2. The fourth-order valence-electron chi connectivity index (χ4n) is 2.90. The minimum absolute atomic E-state index is 0. The lowest BCUT2D eigenvalue weighted by Gasteiger charge is -2.32. The average Bonchev–Trinajstić information content (AvgIpc) is 2.59. The van der Waals surface area contributed by atoms with E-state index in [4.69, 9.17) is 5.73 Å². The van der Waals surface area contributed by atoms with Crippen molar-refractivity contribution in [2.24, 2.45) is 17.6 Å². The predicted octanol–water partition coefficient (Wildman–Crippen LogP) is 2.12. The fraction of sp³-hybridized carbons (Fsp3) is 0.556. The van der Waals surface area contributed by atoms with Gasteiger partial charge in [0.05, 0.1) is 0 Å². The first-order valence-corrected chi connectivity index (χ1v) is 8.36. The minimum atomic E-state index is -0.192. The summed E-state index contributed by atoms with van der Waals surface area (Å²) >= 11 is 0. The van der Waals surface area contributed by atoms with Gasteiger partial charge in [0.25, 0.3) is 0 Å². The van der Waals surface area contributed by atoms with Gasteiger partial charge in [-0.15, -0.1) is 12.4 Å². The van der Waals surface area contributed by atoms with Crippen molar-refractivity contribution >= 4 is 24.2 Å². The second kappa shape index (κ2) is 9.64. The summed E-state index contributed by atoms with van der Waals surface area (Å²) in [7, 11) is 0. The molecule has 1 aliphatic rings. The number of hydrogen-bond acceptors (Lipinski definition) is 3. The number of benzene rings is 1. The molecule has 1 atom stereocenters. The van der Waals surface area contributed by atoms with E-state index in [0.29, 0.717) is 19.6 Å². The van der Waals surface area contributed by atoms with E-state index in [1.165, 1.54) is 0 Å². The molecule has 2 amide bonds. The third-order valence-electron chi connectivity index (χ3n) is 4.40. The molecule has 1 saturated heterocycles. The van der Waals surface area contributed by atoms with Crippen molar-refractivity contribution in [2.45, 2.75) is 32.7 Å². The highest BCUT2D eigenvalue weighted by Gasteiger charge is 2.28. The van der Waals surface area contributed by atoms with Crippen LogP contribution in [0.25, 0.3) is 0 Å². The smallest absolute Gasteiger partial charge is 0.225 e. The molecular weight excluding hydrogens is 326 g/mol. The Morgan fingerprint density at radius 2 is 1.79 bits per heavy atom. The molecule has 1 aliphatic heterocycles. The number of carbonyl (C=O) groups is 2. The standard InChI is InChI=1S/C18H27N3O2.ClH/c1-13(2)18(23)21-10-8-15(9-11-21)17(22)20-12-16(19)14-6-4-3-5-7-14;/h3-7,13,15-16H,8-12,19H2,1-2H3,(H,20,22);1H. The predicted molar refractivity (Wildman–Crippen MR) is 97.8 cm³/mol. The summed E-state index contributed by atoms with van der Waals surface area (Å²) in [5, 5.41) is 2.95. The highest BCUT2D eigenvalue weighted by Crippen LogP contribution is 2.19. The van der Waals surface area contributed by atoms with Gasteiger partial charge in [0.1, 0.15) is 0 Å². The third-order valence-corrected chi connectivity index (χ3v) is 4.40. The fourth-order valence-corrected chi connectivity index (χ4v) is 2.90. The lowest BCUT2D eigenvalue weighted by atomic mass is 9.95. The van der Waals surface area contributed by atoms with Crippen LogP contribution in [0.3, 0.4) is 0 Å². The SMILES string of the molecule is CC(C)C(=O)N1CCC(C(=O)NCC(N)c2ccccc2)CC1.Cl. The van der Waals surface area contributed by atoms with Crippen molar-refractivity contribution < 1.29 is 9.59 Å². The van der Waals surface area contributed by atoms with Crippen LogP contribution in [-0.4, -0.2) is 36.3 Å². The number of rotatable bonds is 5. The Morgan fingerprint density at radius 3 is 2.33 bits per heavy atom. The molecule has 134 valence electrons. The van der Waals surface area contributed by atoms with Gasteiger partial charge in [0, 0.05) is 37.5 Å².